The molecule has 2 amide bonds. The third-order valence-corrected chi connectivity index (χ3v) is 7.20. The molecule has 2 atom stereocenters. The van der Waals surface area contributed by atoms with E-state index in [9.17, 15) is 9.59 Å². The van der Waals surface area contributed by atoms with E-state index in [1.165, 1.54) is 6.42 Å². The highest BCUT2D eigenvalue weighted by Crippen LogP contribution is 2.34. The fourth-order valence-corrected chi connectivity index (χ4v) is 5.43. The summed E-state index contributed by atoms with van der Waals surface area (Å²) >= 11 is 3.50. The summed E-state index contributed by atoms with van der Waals surface area (Å²) in [7, 11) is 0. The van der Waals surface area contributed by atoms with Crippen LogP contribution in [0.2, 0.25) is 0 Å². The van der Waals surface area contributed by atoms with Gasteiger partial charge in [0.25, 0.3) is 0 Å². The van der Waals surface area contributed by atoms with E-state index in [0.717, 1.165) is 46.4 Å². The molecule has 2 fully saturated rings. The lowest BCUT2D eigenvalue weighted by Crippen LogP contribution is -2.43. The van der Waals surface area contributed by atoms with Crippen LogP contribution in [0.5, 0.6) is 0 Å². The summed E-state index contributed by atoms with van der Waals surface area (Å²) in [6.07, 6.45) is 3.69. The molecule has 0 spiro atoms. The Morgan fingerprint density at radius 1 is 1.16 bits per heavy atom. The first-order chi connectivity index (χ1) is 15.5. The zero-order chi connectivity index (χ0) is 22.2. The Hall–Kier alpha value is -2.67. The van der Waals surface area contributed by atoms with Gasteiger partial charge in [-0.15, -0.1) is 0 Å². The lowest BCUT2D eigenvalue weighted by molar-refractivity contribution is -0.135. The van der Waals surface area contributed by atoms with E-state index in [4.69, 9.17) is 4.98 Å². The summed E-state index contributed by atoms with van der Waals surface area (Å²) in [5, 5.41) is 0. The SMILES string of the molecule is CC1CCCCN1C(=O)Cn1c(C2CC(=O)N(c3cccc(Br)c3)C2)nc2ccccc21. The molecule has 1 aromatic heterocycles. The number of halogens is 1. The molecular formula is C25H27BrN4O2. The van der Waals surface area contributed by atoms with Gasteiger partial charge in [-0.25, -0.2) is 4.98 Å². The average Bonchev–Trinajstić information content (AvgIpc) is 3.35. The van der Waals surface area contributed by atoms with Crippen LogP contribution in [0.25, 0.3) is 11.0 Å². The third-order valence-electron chi connectivity index (χ3n) is 6.71. The molecule has 166 valence electrons. The van der Waals surface area contributed by atoms with Crippen LogP contribution in [-0.4, -0.2) is 45.4 Å². The van der Waals surface area contributed by atoms with Crippen molar-refractivity contribution in [3.63, 3.8) is 0 Å². The smallest absolute Gasteiger partial charge is 0.242 e. The topological polar surface area (TPSA) is 58.4 Å². The predicted molar refractivity (Wildman–Crippen MR) is 129 cm³/mol. The molecule has 6 nitrogen and oxygen atoms in total. The minimum Gasteiger partial charge on any atom is -0.338 e. The van der Waals surface area contributed by atoms with Crippen molar-refractivity contribution in [2.75, 3.05) is 18.0 Å². The second-order valence-corrected chi connectivity index (χ2v) is 9.78. The number of fused-ring (bicyclic) bond motifs is 1. The zero-order valence-corrected chi connectivity index (χ0v) is 19.8. The van der Waals surface area contributed by atoms with Crippen LogP contribution < -0.4 is 4.90 Å². The van der Waals surface area contributed by atoms with E-state index >= 15 is 0 Å². The molecule has 7 heteroatoms. The van der Waals surface area contributed by atoms with Gasteiger partial charge in [0, 0.05) is 41.6 Å². The molecule has 5 rings (SSSR count). The maximum Gasteiger partial charge on any atom is 0.242 e. The number of rotatable bonds is 4. The molecule has 3 heterocycles. The lowest BCUT2D eigenvalue weighted by Gasteiger charge is -2.33. The number of aromatic nitrogens is 2. The highest BCUT2D eigenvalue weighted by Gasteiger charge is 2.35. The second kappa shape index (κ2) is 8.70. The number of para-hydroxylation sites is 2. The zero-order valence-electron chi connectivity index (χ0n) is 18.2. The summed E-state index contributed by atoms with van der Waals surface area (Å²) < 4.78 is 2.99. The van der Waals surface area contributed by atoms with Gasteiger partial charge in [0.15, 0.2) is 0 Å². The van der Waals surface area contributed by atoms with Crippen molar-refractivity contribution in [3.8, 4) is 0 Å². The van der Waals surface area contributed by atoms with Crippen molar-refractivity contribution in [3.05, 3.63) is 58.8 Å². The number of benzene rings is 2. The standard InChI is InChI=1S/C25H27BrN4O2/c1-17-7-4-5-12-28(17)24(32)16-30-22-11-3-2-10-21(22)27-25(30)18-13-23(31)29(15-18)20-9-6-8-19(26)14-20/h2-3,6,8-11,14,17-18H,4-5,7,12-13,15-16H2,1H3. The maximum atomic E-state index is 13.3. The summed E-state index contributed by atoms with van der Waals surface area (Å²) in [5.41, 5.74) is 2.71. The first kappa shape index (κ1) is 21.2. The summed E-state index contributed by atoms with van der Waals surface area (Å²) in [5.74, 6) is 0.993. The Bertz CT molecular complexity index is 1170. The van der Waals surface area contributed by atoms with Crippen LogP contribution in [0.15, 0.2) is 53.0 Å². The third kappa shape index (κ3) is 3.94. The van der Waals surface area contributed by atoms with Crippen molar-refractivity contribution < 1.29 is 9.59 Å². The van der Waals surface area contributed by atoms with Crippen molar-refractivity contribution in [2.24, 2.45) is 0 Å². The predicted octanol–water partition coefficient (Wildman–Crippen LogP) is 4.72. The van der Waals surface area contributed by atoms with Gasteiger partial charge in [0.2, 0.25) is 11.8 Å². The molecule has 0 aliphatic carbocycles. The molecule has 0 N–H and O–H groups in total. The molecule has 3 aromatic rings. The molecule has 0 saturated carbocycles. The summed E-state index contributed by atoms with van der Waals surface area (Å²) in [6.45, 7) is 3.78. The summed E-state index contributed by atoms with van der Waals surface area (Å²) in [6, 6.07) is 16.0. The van der Waals surface area contributed by atoms with E-state index in [0.29, 0.717) is 13.0 Å². The number of carbonyl (C=O) groups is 2. The first-order valence-corrected chi connectivity index (χ1v) is 12.1. The highest BCUT2D eigenvalue weighted by molar-refractivity contribution is 9.10. The Balaban J connectivity index is 1.46. The van der Waals surface area contributed by atoms with Crippen molar-refractivity contribution in [2.45, 2.75) is 51.1 Å². The normalized spacial score (nSPS) is 21.5. The van der Waals surface area contributed by atoms with Gasteiger partial charge in [0.05, 0.1) is 11.0 Å². The number of hydrogen-bond donors (Lipinski definition) is 0. The lowest BCUT2D eigenvalue weighted by atomic mass is 10.0. The molecule has 0 bridgehead atoms. The monoisotopic (exact) mass is 494 g/mol. The molecule has 2 aliphatic rings. The number of anilines is 1. The van der Waals surface area contributed by atoms with Gasteiger partial charge in [0.1, 0.15) is 12.4 Å². The highest BCUT2D eigenvalue weighted by atomic mass is 79.9. The van der Waals surface area contributed by atoms with Crippen LogP contribution in [0.1, 0.15) is 44.3 Å². The van der Waals surface area contributed by atoms with Crippen molar-refractivity contribution in [1.82, 2.24) is 14.5 Å². The van der Waals surface area contributed by atoms with Gasteiger partial charge in [-0.3, -0.25) is 9.59 Å². The van der Waals surface area contributed by atoms with E-state index in [1.807, 2.05) is 62.9 Å². The number of likely N-dealkylation sites (tertiary alicyclic amines) is 1. The molecule has 0 radical (unpaired) electrons. The van der Waals surface area contributed by atoms with Crippen LogP contribution in [0.3, 0.4) is 0 Å². The second-order valence-electron chi connectivity index (χ2n) is 8.86. The Morgan fingerprint density at radius 2 is 2.00 bits per heavy atom. The van der Waals surface area contributed by atoms with Crippen molar-refractivity contribution >= 4 is 44.5 Å². The Labute approximate surface area is 196 Å². The minimum absolute atomic E-state index is 0.0551. The van der Waals surface area contributed by atoms with E-state index in [1.54, 1.807) is 0 Å². The number of nitrogens with zero attached hydrogens (tertiary/aromatic N) is 4. The van der Waals surface area contributed by atoms with Crippen LogP contribution in [0, 0.1) is 0 Å². The number of amides is 2. The van der Waals surface area contributed by atoms with E-state index in [2.05, 4.69) is 22.9 Å². The molecule has 2 saturated heterocycles. The maximum absolute atomic E-state index is 13.3. The van der Waals surface area contributed by atoms with Gasteiger partial charge in [-0.2, -0.15) is 0 Å². The van der Waals surface area contributed by atoms with Gasteiger partial charge in [-0.1, -0.05) is 34.1 Å². The van der Waals surface area contributed by atoms with E-state index in [-0.39, 0.29) is 30.3 Å². The molecular weight excluding hydrogens is 468 g/mol. The van der Waals surface area contributed by atoms with Crippen LogP contribution >= 0.6 is 15.9 Å². The summed E-state index contributed by atoms with van der Waals surface area (Å²) in [4.78, 5) is 34.9. The van der Waals surface area contributed by atoms with Gasteiger partial charge >= 0.3 is 0 Å². The van der Waals surface area contributed by atoms with Gasteiger partial charge in [-0.05, 0) is 56.5 Å². The Morgan fingerprint density at radius 3 is 2.81 bits per heavy atom. The number of piperidine rings is 1. The molecule has 2 aliphatic heterocycles. The van der Waals surface area contributed by atoms with E-state index < -0.39 is 0 Å². The first-order valence-electron chi connectivity index (χ1n) is 11.3. The fraction of sp³-hybridized carbons (Fsp3) is 0.400. The van der Waals surface area contributed by atoms with Crippen LogP contribution in [-0.2, 0) is 16.1 Å². The fourth-order valence-electron chi connectivity index (χ4n) is 5.04. The largest absolute Gasteiger partial charge is 0.338 e. The number of imidazole rings is 1. The molecule has 32 heavy (non-hydrogen) atoms. The Kier molecular flexibility index (Phi) is 5.76. The number of hydrogen-bond acceptors (Lipinski definition) is 3. The number of carbonyl (C=O) groups excluding carboxylic acids is 2. The quantitative estimate of drug-likeness (QED) is 0.527. The minimum atomic E-state index is -0.0551. The average molecular weight is 495 g/mol. The van der Waals surface area contributed by atoms with Gasteiger partial charge < -0.3 is 14.4 Å². The molecule has 2 aromatic carbocycles. The van der Waals surface area contributed by atoms with Crippen molar-refractivity contribution in [1.29, 1.82) is 0 Å². The molecule has 2 unspecified atom stereocenters. The van der Waals surface area contributed by atoms with Crippen LogP contribution in [0.4, 0.5) is 5.69 Å².